The summed E-state index contributed by atoms with van der Waals surface area (Å²) in [5, 5.41) is 12.3. The molecule has 1 heterocycles. The van der Waals surface area contributed by atoms with Gasteiger partial charge in [0.1, 0.15) is 6.04 Å². The number of rotatable bonds is 4. The molecule has 104 valence electrons. The van der Waals surface area contributed by atoms with Crippen molar-refractivity contribution in [3.63, 3.8) is 0 Å². The molecule has 1 aliphatic rings. The van der Waals surface area contributed by atoms with Gasteiger partial charge in [-0.1, -0.05) is 17.7 Å². The molecular formula is C12H14ClNO4S. The van der Waals surface area contributed by atoms with Gasteiger partial charge in [0.2, 0.25) is 0 Å². The molecule has 2 N–H and O–H groups in total. The monoisotopic (exact) mass is 303 g/mol. The molecular weight excluding hydrogens is 290 g/mol. The molecule has 19 heavy (non-hydrogen) atoms. The largest absolute Gasteiger partial charge is 0.493 e. The Morgan fingerprint density at radius 1 is 1.47 bits per heavy atom. The molecule has 0 aromatic heterocycles. The number of hydrogen-bond acceptors (Lipinski definition) is 5. The quantitative estimate of drug-likeness (QED) is 0.888. The molecule has 5 nitrogen and oxygen atoms in total. The zero-order valence-corrected chi connectivity index (χ0v) is 12.0. The summed E-state index contributed by atoms with van der Waals surface area (Å²) >= 11 is 7.80. The maximum Gasteiger partial charge on any atom is 0.321 e. The summed E-state index contributed by atoms with van der Waals surface area (Å²) in [4.78, 5) is 10.9. The van der Waals surface area contributed by atoms with Crippen LogP contribution in [0.15, 0.2) is 12.1 Å². The number of methoxy groups -OCH3 is 2. The van der Waals surface area contributed by atoms with Gasteiger partial charge in [-0.05, 0) is 6.07 Å². The molecule has 1 aliphatic heterocycles. The molecule has 1 fully saturated rings. The van der Waals surface area contributed by atoms with Crippen LogP contribution >= 0.6 is 23.4 Å². The van der Waals surface area contributed by atoms with E-state index in [0.717, 1.165) is 5.56 Å². The number of hydrogen-bond donors (Lipinski definition) is 2. The van der Waals surface area contributed by atoms with Crippen LogP contribution in [0.3, 0.4) is 0 Å². The van der Waals surface area contributed by atoms with Crippen LogP contribution in [0.2, 0.25) is 5.02 Å². The summed E-state index contributed by atoms with van der Waals surface area (Å²) in [6, 6.07) is 3.02. The molecule has 2 unspecified atom stereocenters. The van der Waals surface area contributed by atoms with Crippen LogP contribution in [0.5, 0.6) is 11.5 Å². The molecule has 1 aromatic carbocycles. The van der Waals surface area contributed by atoms with E-state index in [0.29, 0.717) is 22.3 Å². The highest BCUT2D eigenvalue weighted by Gasteiger charge is 2.32. The molecule has 0 bridgehead atoms. The van der Waals surface area contributed by atoms with Crippen LogP contribution in [-0.4, -0.2) is 37.1 Å². The summed E-state index contributed by atoms with van der Waals surface area (Å²) < 4.78 is 10.4. The lowest BCUT2D eigenvalue weighted by atomic mass is 10.2. The Labute approximate surface area is 120 Å². The van der Waals surface area contributed by atoms with Gasteiger partial charge in [0, 0.05) is 11.3 Å². The van der Waals surface area contributed by atoms with Gasteiger partial charge in [0.15, 0.2) is 11.5 Å². The fourth-order valence-electron chi connectivity index (χ4n) is 1.90. The summed E-state index contributed by atoms with van der Waals surface area (Å²) in [5.74, 6) is 0.661. The van der Waals surface area contributed by atoms with E-state index in [2.05, 4.69) is 5.32 Å². The summed E-state index contributed by atoms with van der Waals surface area (Å²) in [6.07, 6.45) is 0. The summed E-state index contributed by atoms with van der Waals surface area (Å²) in [6.45, 7) is 0. The van der Waals surface area contributed by atoms with Crippen molar-refractivity contribution < 1.29 is 19.4 Å². The van der Waals surface area contributed by atoms with Gasteiger partial charge in [-0.25, -0.2) is 0 Å². The van der Waals surface area contributed by atoms with Gasteiger partial charge in [0.25, 0.3) is 0 Å². The molecule has 0 radical (unpaired) electrons. The first-order valence-corrected chi connectivity index (χ1v) is 7.02. The lowest BCUT2D eigenvalue weighted by Crippen LogP contribution is -2.33. The van der Waals surface area contributed by atoms with Crippen molar-refractivity contribution in [3.8, 4) is 11.5 Å². The molecule has 2 rings (SSSR count). The first-order chi connectivity index (χ1) is 9.08. The Hall–Kier alpha value is -1.11. The Morgan fingerprint density at radius 2 is 2.21 bits per heavy atom. The minimum absolute atomic E-state index is 0.159. The Kier molecular flexibility index (Phi) is 4.44. The molecule has 0 amide bonds. The zero-order valence-electron chi connectivity index (χ0n) is 10.5. The van der Waals surface area contributed by atoms with E-state index in [-0.39, 0.29) is 5.37 Å². The molecule has 1 aromatic rings. The smallest absolute Gasteiger partial charge is 0.321 e. The van der Waals surface area contributed by atoms with Gasteiger partial charge in [0.05, 0.1) is 24.6 Å². The van der Waals surface area contributed by atoms with Crippen LogP contribution in [0, 0.1) is 0 Å². The fourth-order valence-corrected chi connectivity index (χ4v) is 3.57. The van der Waals surface area contributed by atoms with E-state index < -0.39 is 12.0 Å². The number of halogens is 1. The average molecular weight is 304 g/mol. The van der Waals surface area contributed by atoms with E-state index >= 15 is 0 Å². The first kappa shape index (κ1) is 14.3. The molecule has 0 aliphatic carbocycles. The van der Waals surface area contributed by atoms with Gasteiger partial charge < -0.3 is 14.6 Å². The standard InChI is InChI=1S/C12H14ClNO4S/c1-17-8-4-3-6(9(13)10(8)18-2)11-14-7(5-19-11)12(15)16/h3-4,7,11,14H,5H2,1-2H3,(H,15,16). The highest BCUT2D eigenvalue weighted by atomic mass is 35.5. The number of thioether (sulfide) groups is 1. The van der Waals surface area contributed by atoms with Gasteiger partial charge in [-0.3, -0.25) is 10.1 Å². The highest BCUT2D eigenvalue weighted by molar-refractivity contribution is 7.99. The van der Waals surface area contributed by atoms with E-state index in [9.17, 15) is 4.79 Å². The Bertz CT molecular complexity index is 497. The van der Waals surface area contributed by atoms with Gasteiger partial charge in [-0.2, -0.15) is 0 Å². The molecule has 7 heteroatoms. The third-order valence-corrected chi connectivity index (χ3v) is 4.52. The van der Waals surface area contributed by atoms with Gasteiger partial charge >= 0.3 is 5.97 Å². The second-order valence-electron chi connectivity index (χ2n) is 3.98. The lowest BCUT2D eigenvalue weighted by Gasteiger charge is -2.17. The minimum Gasteiger partial charge on any atom is -0.493 e. The van der Waals surface area contributed by atoms with Crippen molar-refractivity contribution in [2.75, 3.05) is 20.0 Å². The second-order valence-corrected chi connectivity index (χ2v) is 5.49. The predicted molar refractivity (Wildman–Crippen MR) is 74.3 cm³/mol. The van der Waals surface area contributed by atoms with Crippen molar-refractivity contribution in [2.24, 2.45) is 0 Å². The van der Waals surface area contributed by atoms with E-state index in [1.165, 1.54) is 26.0 Å². The first-order valence-electron chi connectivity index (χ1n) is 5.59. The van der Waals surface area contributed by atoms with Crippen molar-refractivity contribution in [2.45, 2.75) is 11.4 Å². The van der Waals surface area contributed by atoms with Crippen molar-refractivity contribution in [3.05, 3.63) is 22.7 Å². The molecule has 1 saturated heterocycles. The van der Waals surface area contributed by atoms with Crippen LogP contribution in [-0.2, 0) is 4.79 Å². The third-order valence-electron chi connectivity index (χ3n) is 2.88. The number of benzene rings is 1. The fraction of sp³-hybridized carbons (Fsp3) is 0.417. The minimum atomic E-state index is -0.855. The van der Waals surface area contributed by atoms with E-state index in [1.54, 1.807) is 6.07 Å². The van der Waals surface area contributed by atoms with Gasteiger partial charge in [-0.15, -0.1) is 11.8 Å². The topological polar surface area (TPSA) is 67.8 Å². The Morgan fingerprint density at radius 3 is 2.74 bits per heavy atom. The number of ether oxygens (including phenoxy) is 2. The van der Waals surface area contributed by atoms with E-state index in [4.69, 9.17) is 26.2 Å². The van der Waals surface area contributed by atoms with Crippen molar-refractivity contribution in [1.82, 2.24) is 5.32 Å². The maximum absolute atomic E-state index is 10.9. The maximum atomic E-state index is 10.9. The second kappa shape index (κ2) is 5.90. The molecule has 0 spiro atoms. The number of aliphatic carboxylic acids is 1. The normalized spacial score (nSPS) is 22.3. The zero-order chi connectivity index (χ0) is 14.0. The number of carboxylic acids is 1. The van der Waals surface area contributed by atoms with E-state index in [1.807, 2.05) is 6.07 Å². The summed E-state index contributed by atoms with van der Waals surface area (Å²) in [5.41, 5.74) is 0.799. The number of nitrogens with one attached hydrogen (secondary N) is 1. The average Bonchev–Trinajstić information content (AvgIpc) is 2.87. The van der Waals surface area contributed by atoms with Crippen LogP contribution in [0.1, 0.15) is 10.9 Å². The van der Waals surface area contributed by atoms with Crippen LogP contribution < -0.4 is 14.8 Å². The molecule has 2 atom stereocenters. The number of carboxylic acid groups (broad SMARTS) is 1. The molecule has 0 saturated carbocycles. The lowest BCUT2D eigenvalue weighted by molar-refractivity contribution is -0.138. The van der Waals surface area contributed by atoms with Crippen molar-refractivity contribution >= 4 is 29.3 Å². The Balaban J connectivity index is 2.29. The SMILES string of the molecule is COc1ccc(C2NC(C(=O)O)CS2)c(Cl)c1OC. The summed E-state index contributed by atoms with van der Waals surface area (Å²) in [7, 11) is 3.06. The van der Waals surface area contributed by atoms with Crippen LogP contribution in [0.25, 0.3) is 0 Å². The number of carbonyl (C=O) groups is 1. The predicted octanol–water partition coefficient (Wildman–Crippen LogP) is 2.15. The van der Waals surface area contributed by atoms with Crippen LogP contribution in [0.4, 0.5) is 0 Å². The third kappa shape index (κ3) is 2.75. The van der Waals surface area contributed by atoms with Crippen molar-refractivity contribution in [1.29, 1.82) is 0 Å². The highest BCUT2D eigenvalue weighted by Crippen LogP contribution is 2.44.